The van der Waals surface area contributed by atoms with Crippen molar-refractivity contribution < 1.29 is 4.79 Å². The van der Waals surface area contributed by atoms with Crippen molar-refractivity contribution >= 4 is 5.91 Å². The van der Waals surface area contributed by atoms with Gasteiger partial charge in [-0.1, -0.05) is 12.8 Å². The Morgan fingerprint density at radius 1 is 1.24 bits per heavy atom. The molecule has 3 fully saturated rings. The molecule has 3 nitrogen and oxygen atoms in total. The Morgan fingerprint density at radius 3 is 2.47 bits per heavy atom. The summed E-state index contributed by atoms with van der Waals surface area (Å²) in [6.45, 7) is 5.09. The van der Waals surface area contributed by atoms with Gasteiger partial charge in [0.15, 0.2) is 0 Å². The van der Waals surface area contributed by atoms with Crippen molar-refractivity contribution in [1.29, 1.82) is 0 Å². The number of likely N-dealkylation sites (N-methyl/N-ethyl adjacent to an activating group) is 1. The maximum absolute atomic E-state index is 12.6. The van der Waals surface area contributed by atoms with Crippen LogP contribution in [0.15, 0.2) is 0 Å². The van der Waals surface area contributed by atoms with Crippen molar-refractivity contribution in [2.45, 2.75) is 45.1 Å². The molecule has 2 aliphatic carbocycles. The van der Waals surface area contributed by atoms with Crippen LogP contribution in [-0.4, -0.2) is 36.5 Å². The van der Waals surface area contributed by atoms with Gasteiger partial charge in [-0.3, -0.25) is 4.79 Å². The molecule has 0 radical (unpaired) electrons. The lowest BCUT2D eigenvalue weighted by Gasteiger charge is -2.27. The second-order valence-corrected chi connectivity index (χ2v) is 5.91. The third kappa shape index (κ3) is 1.99. The van der Waals surface area contributed by atoms with Crippen LogP contribution in [0.25, 0.3) is 0 Å². The summed E-state index contributed by atoms with van der Waals surface area (Å²) in [7, 11) is 0. The van der Waals surface area contributed by atoms with Gasteiger partial charge in [0.25, 0.3) is 0 Å². The number of fused-ring (bicyclic) bond motifs is 1. The van der Waals surface area contributed by atoms with E-state index >= 15 is 0 Å². The molecule has 3 rings (SSSR count). The monoisotopic (exact) mass is 236 g/mol. The molecule has 3 heteroatoms. The summed E-state index contributed by atoms with van der Waals surface area (Å²) < 4.78 is 0. The van der Waals surface area contributed by atoms with E-state index in [2.05, 4.69) is 17.1 Å². The predicted octanol–water partition coefficient (Wildman–Crippen LogP) is 1.63. The second kappa shape index (κ2) is 4.60. The van der Waals surface area contributed by atoms with E-state index in [1.807, 2.05) is 0 Å². The first-order chi connectivity index (χ1) is 8.33. The first-order valence-corrected chi connectivity index (χ1v) is 7.34. The predicted molar refractivity (Wildman–Crippen MR) is 67.6 cm³/mol. The van der Waals surface area contributed by atoms with Gasteiger partial charge < -0.3 is 10.2 Å². The summed E-state index contributed by atoms with van der Waals surface area (Å²) in [6, 6.07) is 0.468. The minimum absolute atomic E-state index is 0.401. The minimum atomic E-state index is 0.401. The first kappa shape index (κ1) is 11.5. The SMILES string of the molecule is CCN(C(=O)C1C2CCCCC21)C1CCNC1. The number of carbonyl (C=O) groups is 1. The first-order valence-electron chi connectivity index (χ1n) is 7.34. The lowest BCUT2D eigenvalue weighted by Crippen LogP contribution is -2.42. The highest BCUT2D eigenvalue weighted by Gasteiger charge is 2.56. The third-order valence-corrected chi connectivity index (χ3v) is 5.04. The van der Waals surface area contributed by atoms with E-state index in [1.54, 1.807) is 0 Å². The zero-order chi connectivity index (χ0) is 11.8. The fourth-order valence-electron chi connectivity index (χ4n) is 4.05. The summed E-state index contributed by atoms with van der Waals surface area (Å²) in [5.41, 5.74) is 0. The average Bonchev–Trinajstić information content (AvgIpc) is 2.84. The molecule has 3 atom stereocenters. The fraction of sp³-hybridized carbons (Fsp3) is 0.929. The van der Waals surface area contributed by atoms with Crippen LogP contribution >= 0.6 is 0 Å². The maximum atomic E-state index is 12.6. The standard InChI is InChI=1S/C14H24N2O/c1-2-16(10-7-8-15-9-10)14(17)13-11-5-3-4-6-12(11)13/h10-13,15H,2-9H2,1H3. The van der Waals surface area contributed by atoms with Gasteiger partial charge in [-0.2, -0.15) is 0 Å². The zero-order valence-electron chi connectivity index (χ0n) is 10.8. The number of hydrogen-bond acceptors (Lipinski definition) is 2. The van der Waals surface area contributed by atoms with Crippen LogP contribution in [0.4, 0.5) is 0 Å². The molecule has 3 aliphatic rings. The van der Waals surface area contributed by atoms with Crippen LogP contribution in [0.5, 0.6) is 0 Å². The molecule has 1 saturated heterocycles. The van der Waals surface area contributed by atoms with Crippen LogP contribution in [0.1, 0.15) is 39.0 Å². The van der Waals surface area contributed by atoms with Crippen LogP contribution in [-0.2, 0) is 4.79 Å². The maximum Gasteiger partial charge on any atom is 0.226 e. The highest BCUT2D eigenvalue weighted by molar-refractivity contribution is 5.82. The molecule has 0 bridgehead atoms. The smallest absolute Gasteiger partial charge is 0.226 e. The van der Waals surface area contributed by atoms with E-state index in [-0.39, 0.29) is 0 Å². The van der Waals surface area contributed by atoms with Crippen LogP contribution < -0.4 is 5.32 Å². The van der Waals surface area contributed by atoms with E-state index in [1.165, 1.54) is 25.7 Å². The summed E-state index contributed by atoms with van der Waals surface area (Å²) in [4.78, 5) is 14.7. The molecule has 96 valence electrons. The highest BCUT2D eigenvalue weighted by Crippen LogP contribution is 2.56. The molecule has 1 N–H and O–H groups in total. The quantitative estimate of drug-likeness (QED) is 0.808. The fourth-order valence-corrected chi connectivity index (χ4v) is 4.05. The average molecular weight is 236 g/mol. The molecule has 0 spiro atoms. The van der Waals surface area contributed by atoms with Gasteiger partial charge in [-0.05, 0) is 44.6 Å². The Morgan fingerprint density at radius 2 is 1.94 bits per heavy atom. The van der Waals surface area contributed by atoms with Crippen LogP contribution in [0.2, 0.25) is 0 Å². The van der Waals surface area contributed by atoms with Gasteiger partial charge in [0.05, 0.1) is 0 Å². The summed E-state index contributed by atoms with van der Waals surface area (Å²) >= 11 is 0. The lowest BCUT2D eigenvalue weighted by atomic mass is 10.0. The second-order valence-electron chi connectivity index (χ2n) is 5.91. The molecule has 2 saturated carbocycles. The van der Waals surface area contributed by atoms with Gasteiger partial charge in [-0.15, -0.1) is 0 Å². The number of hydrogen-bond donors (Lipinski definition) is 1. The molecular formula is C14H24N2O. The Balaban J connectivity index is 1.64. The molecule has 1 aliphatic heterocycles. The summed E-state index contributed by atoms with van der Waals surface area (Å²) in [6.07, 6.45) is 6.45. The number of nitrogens with zero attached hydrogens (tertiary/aromatic N) is 1. The highest BCUT2D eigenvalue weighted by atomic mass is 16.2. The summed E-state index contributed by atoms with van der Waals surface area (Å²) in [5.74, 6) is 2.37. The molecule has 17 heavy (non-hydrogen) atoms. The van der Waals surface area contributed by atoms with E-state index in [4.69, 9.17) is 0 Å². The van der Waals surface area contributed by atoms with Crippen LogP contribution in [0.3, 0.4) is 0 Å². The number of nitrogens with one attached hydrogen (secondary N) is 1. The van der Waals surface area contributed by atoms with Crippen molar-refractivity contribution in [2.24, 2.45) is 17.8 Å². The molecular weight excluding hydrogens is 212 g/mol. The van der Waals surface area contributed by atoms with Gasteiger partial charge in [0, 0.05) is 25.0 Å². The Bertz CT molecular complexity index is 287. The van der Waals surface area contributed by atoms with Gasteiger partial charge in [0.2, 0.25) is 5.91 Å². The van der Waals surface area contributed by atoms with E-state index < -0.39 is 0 Å². The van der Waals surface area contributed by atoms with Gasteiger partial charge >= 0.3 is 0 Å². The van der Waals surface area contributed by atoms with Crippen molar-refractivity contribution in [3.05, 3.63) is 0 Å². The molecule has 1 amide bonds. The molecule has 1 heterocycles. The van der Waals surface area contributed by atoms with Crippen molar-refractivity contribution in [3.8, 4) is 0 Å². The van der Waals surface area contributed by atoms with Crippen molar-refractivity contribution in [1.82, 2.24) is 10.2 Å². The zero-order valence-corrected chi connectivity index (χ0v) is 10.8. The van der Waals surface area contributed by atoms with E-state index in [0.29, 0.717) is 17.9 Å². The Hall–Kier alpha value is -0.570. The topological polar surface area (TPSA) is 32.3 Å². The normalized spacial score (nSPS) is 39.8. The molecule has 0 aromatic heterocycles. The largest absolute Gasteiger partial charge is 0.338 e. The minimum Gasteiger partial charge on any atom is -0.338 e. The van der Waals surface area contributed by atoms with Crippen LogP contribution in [0, 0.1) is 17.8 Å². The number of carbonyl (C=O) groups excluding carboxylic acids is 1. The molecule has 0 aromatic carbocycles. The van der Waals surface area contributed by atoms with Gasteiger partial charge in [0.1, 0.15) is 0 Å². The number of amides is 1. The summed E-state index contributed by atoms with van der Waals surface area (Å²) in [5, 5.41) is 3.37. The molecule has 0 aromatic rings. The van der Waals surface area contributed by atoms with E-state index in [0.717, 1.165) is 37.9 Å². The Labute approximate surface area is 104 Å². The van der Waals surface area contributed by atoms with E-state index in [9.17, 15) is 4.79 Å². The third-order valence-electron chi connectivity index (χ3n) is 5.04. The number of rotatable bonds is 3. The van der Waals surface area contributed by atoms with Crippen molar-refractivity contribution in [3.63, 3.8) is 0 Å². The van der Waals surface area contributed by atoms with Crippen molar-refractivity contribution in [2.75, 3.05) is 19.6 Å². The molecule has 3 unspecified atom stereocenters. The lowest BCUT2D eigenvalue weighted by molar-refractivity contribution is -0.135. The van der Waals surface area contributed by atoms with Gasteiger partial charge in [-0.25, -0.2) is 0 Å². The Kier molecular flexibility index (Phi) is 3.12.